The smallest absolute Gasteiger partial charge is 0.138 e. The van der Waals surface area contributed by atoms with Gasteiger partial charge in [-0.05, 0) is 123 Å². The molecule has 5 heteroatoms. The number of aryl methyl sites for hydroxylation is 1. The highest BCUT2D eigenvalue weighted by Gasteiger charge is 2.27. The van der Waals surface area contributed by atoms with Gasteiger partial charge >= 0.3 is 0 Å². The van der Waals surface area contributed by atoms with E-state index in [2.05, 4.69) is 195 Å². The normalized spacial score (nSPS) is 13.8. The van der Waals surface area contributed by atoms with Crippen LogP contribution in [-0.4, -0.2) is 22.8 Å². The molecule has 64 heavy (non-hydrogen) atoms. The molecule has 1 aliphatic rings. The summed E-state index contributed by atoms with van der Waals surface area (Å²) >= 11 is 0. The van der Waals surface area contributed by atoms with Gasteiger partial charge in [0.05, 0.1) is 29.1 Å². The number of fused-ring (bicyclic) bond motifs is 4. The molecule has 0 saturated carbocycles. The second-order valence-corrected chi connectivity index (χ2v) is 19.1. The fourth-order valence-electron chi connectivity index (χ4n) is 9.22. The highest BCUT2D eigenvalue weighted by atomic mass is 16.5. The van der Waals surface area contributed by atoms with E-state index in [9.17, 15) is 0 Å². The van der Waals surface area contributed by atoms with Crippen molar-refractivity contribution in [3.05, 3.63) is 198 Å². The number of hydrogen-bond donors (Lipinski definition) is 0. The molecule has 3 heterocycles. The maximum absolute atomic E-state index is 8.53. The summed E-state index contributed by atoms with van der Waals surface area (Å²) in [6.07, 6.45) is 2.46. The fourth-order valence-corrected chi connectivity index (χ4v) is 9.22. The van der Waals surface area contributed by atoms with Gasteiger partial charge in [0.25, 0.3) is 0 Å². The lowest BCUT2D eigenvalue weighted by Crippen LogP contribution is -2.30. The molecule has 0 N–H and O–H groups in total. The van der Waals surface area contributed by atoms with Crippen molar-refractivity contribution in [2.45, 2.75) is 65.6 Å². The molecule has 1 aliphatic heterocycles. The van der Waals surface area contributed by atoms with Gasteiger partial charge in [-0.2, -0.15) is 0 Å². The largest absolute Gasteiger partial charge is 0.457 e. The highest BCUT2D eigenvalue weighted by Crippen LogP contribution is 2.43. The van der Waals surface area contributed by atoms with Crippen molar-refractivity contribution in [3.8, 4) is 39.6 Å². The molecular weight excluding hydrogens is 781 g/mol. The van der Waals surface area contributed by atoms with Gasteiger partial charge in [-0.25, -0.2) is 4.98 Å². The Hall–Kier alpha value is -7.11. The minimum atomic E-state index is -2.25. The van der Waals surface area contributed by atoms with Gasteiger partial charge in [-0.1, -0.05) is 145 Å². The molecule has 0 fully saturated rings. The van der Waals surface area contributed by atoms with Crippen molar-refractivity contribution in [2.24, 2.45) is 0 Å². The van der Waals surface area contributed by atoms with Crippen LogP contribution in [0.15, 0.2) is 176 Å². The number of ether oxygens (including phenoxy) is 1. The van der Waals surface area contributed by atoms with E-state index >= 15 is 0 Å². The summed E-state index contributed by atoms with van der Waals surface area (Å²) in [6.45, 7) is 12.3. The van der Waals surface area contributed by atoms with Crippen LogP contribution in [0.3, 0.4) is 0 Å². The second-order valence-electron chi connectivity index (χ2n) is 19.1. The van der Waals surface area contributed by atoms with Crippen molar-refractivity contribution in [3.63, 3.8) is 0 Å². The SMILES string of the molecule is [2H]C([2H])([2H])c1cccc(-c2cccc(C(C)(C)C)c2)c1CCN1CN(c2cccc(Oc3ccc4c5ccccc5n(-c5cc(-c6ccc(C(C)(C)C)cc6)ccn5)c4c3)c2)c2ccccc21. The van der Waals surface area contributed by atoms with Crippen LogP contribution >= 0.6 is 0 Å². The molecule has 0 bridgehead atoms. The minimum absolute atomic E-state index is 0.0385. The van der Waals surface area contributed by atoms with Crippen molar-refractivity contribution in [2.75, 3.05) is 23.0 Å². The number of hydrogen-bond acceptors (Lipinski definition) is 4. The van der Waals surface area contributed by atoms with Crippen LogP contribution in [0.25, 0.3) is 49.9 Å². The third-order valence-electron chi connectivity index (χ3n) is 12.7. The van der Waals surface area contributed by atoms with Gasteiger partial charge < -0.3 is 14.5 Å². The van der Waals surface area contributed by atoms with E-state index in [1.165, 1.54) is 11.1 Å². The van der Waals surface area contributed by atoms with Crippen LogP contribution < -0.4 is 14.5 Å². The standard InChI is InChI=1S/C59H56N4O/c1-40-15-12-21-50(43-16-13-17-45(35-43)59(5,6)7)49(40)32-34-61-39-62(55-24-11-10-23-54(55)61)46-18-14-19-47(37-46)64-48-29-30-52-51-20-8-9-22-53(51)63(56(52)38-48)57-36-42(31-33-60-57)41-25-27-44(28-26-41)58(2,3)4/h8-31,33,35-38H,32,34,39H2,1-7H3/i1D3. The first-order valence-electron chi connectivity index (χ1n) is 23.8. The summed E-state index contributed by atoms with van der Waals surface area (Å²) in [5.74, 6) is 2.29. The Labute approximate surface area is 382 Å². The maximum atomic E-state index is 8.53. The third-order valence-corrected chi connectivity index (χ3v) is 12.7. The predicted octanol–water partition coefficient (Wildman–Crippen LogP) is 15.4. The Morgan fingerprint density at radius 3 is 2.12 bits per heavy atom. The van der Waals surface area contributed by atoms with Gasteiger partial charge in [0.1, 0.15) is 17.3 Å². The first kappa shape index (κ1) is 37.4. The lowest BCUT2D eigenvalue weighted by molar-refractivity contribution is 0.483. The molecule has 0 aliphatic carbocycles. The van der Waals surface area contributed by atoms with E-state index in [0.717, 1.165) is 84.0 Å². The highest BCUT2D eigenvalue weighted by molar-refractivity contribution is 6.09. The van der Waals surface area contributed by atoms with E-state index < -0.39 is 6.85 Å². The summed E-state index contributed by atoms with van der Waals surface area (Å²) in [4.78, 5) is 9.58. The Morgan fingerprint density at radius 2 is 1.31 bits per heavy atom. The number of anilines is 3. The number of para-hydroxylation sites is 3. The molecular formula is C59H56N4O. The fraction of sp³-hybridized carbons (Fsp3) is 0.203. The van der Waals surface area contributed by atoms with Gasteiger partial charge in [-0.15, -0.1) is 0 Å². The minimum Gasteiger partial charge on any atom is -0.457 e. The van der Waals surface area contributed by atoms with Crippen molar-refractivity contribution in [1.29, 1.82) is 0 Å². The summed E-state index contributed by atoms with van der Waals surface area (Å²) in [5, 5.41) is 2.28. The summed E-state index contributed by atoms with van der Waals surface area (Å²) in [6, 6.07) is 58.9. The molecule has 2 aromatic heterocycles. The predicted molar refractivity (Wildman–Crippen MR) is 269 cm³/mol. The summed E-state index contributed by atoms with van der Waals surface area (Å²) < 4.78 is 34.6. The number of benzene rings is 7. The third kappa shape index (κ3) is 7.81. The quantitative estimate of drug-likeness (QED) is 0.145. The van der Waals surface area contributed by atoms with Crippen LogP contribution in [0, 0.1) is 6.85 Å². The Morgan fingerprint density at radius 1 is 0.578 bits per heavy atom. The van der Waals surface area contributed by atoms with Gasteiger partial charge in [-0.3, -0.25) is 4.57 Å². The molecule has 10 rings (SSSR count). The molecule has 0 saturated heterocycles. The van der Waals surface area contributed by atoms with Crippen molar-refractivity contribution >= 4 is 38.9 Å². The van der Waals surface area contributed by atoms with Crippen LogP contribution in [0.1, 0.15) is 67.9 Å². The Kier molecular flexibility index (Phi) is 9.49. The molecule has 0 atom stereocenters. The zero-order valence-corrected chi connectivity index (χ0v) is 37.6. The average molecular weight is 840 g/mol. The monoisotopic (exact) mass is 839 g/mol. The van der Waals surface area contributed by atoms with E-state index in [1.807, 2.05) is 30.5 Å². The second kappa shape index (κ2) is 16.2. The zero-order valence-electron chi connectivity index (χ0n) is 40.6. The van der Waals surface area contributed by atoms with Crippen molar-refractivity contribution < 1.29 is 8.85 Å². The topological polar surface area (TPSA) is 33.5 Å². The van der Waals surface area contributed by atoms with E-state index in [0.29, 0.717) is 25.2 Å². The summed E-state index contributed by atoms with van der Waals surface area (Å²) in [7, 11) is 0. The number of aromatic nitrogens is 2. The summed E-state index contributed by atoms with van der Waals surface area (Å²) in [5.41, 5.74) is 13.4. The van der Waals surface area contributed by atoms with Crippen LogP contribution in [0.5, 0.6) is 11.5 Å². The van der Waals surface area contributed by atoms with Crippen molar-refractivity contribution in [1.82, 2.24) is 9.55 Å². The van der Waals surface area contributed by atoms with Crippen LogP contribution in [0.2, 0.25) is 0 Å². The molecule has 0 amide bonds. The Bertz CT molecular complexity index is 3280. The molecule has 0 unspecified atom stereocenters. The lowest BCUT2D eigenvalue weighted by atomic mass is 9.84. The van der Waals surface area contributed by atoms with E-state index in [1.54, 1.807) is 6.07 Å². The molecule has 7 aromatic carbocycles. The molecule has 5 nitrogen and oxygen atoms in total. The van der Waals surface area contributed by atoms with E-state index in [4.69, 9.17) is 13.8 Å². The first-order chi connectivity index (χ1) is 32.1. The number of nitrogens with zero attached hydrogens (tertiary/aromatic N) is 4. The van der Waals surface area contributed by atoms with Crippen LogP contribution in [-0.2, 0) is 17.3 Å². The van der Waals surface area contributed by atoms with Gasteiger partial charge in [0.15, 0.2) is 0 Å². The number of pyridine rings is 1. The van der Waals surface area contributed by atoms with Gasteiger partial charge in [0.2, 0.25) is 0 Å². The molecule has 0 radical (unpaired) electrons. The van der Waals surface area contributed by atoms with E-state index in [-0.39, 0.29) is 10.8 Å². The molecule has 0 spiro atoms. The molecule has 9 aromatic rings. The Balaban J connectivity index is 0.938. The average Bonchev–Trinajstić information content (AvgIpc) is 3.85. The first-order valence-corrected chi connectivity index (χ1v) is 22.3. The van der Waals surface area contributed by atoms with Crippen LogP contribution in [0.4, 0.5) is 17.1 Å². The number of rotatable bonds is 9. The zero-order chi connectivity index (χ0) is 46.7. The maximum Gasteiger partial charge on any atom is 0.138 e. The molecule has 318 valence electrons. The van der Waals surface area contributed by atoms with Gasteiger partial charge in [0, 0.05) is 45.4 Å². The lowest BCUT2D eigenvalue weighted by Gasteiger charge is -2.24.